The molecule has 4 aromatic rings. The second-order valence-electron chi connectivity index (χ2n) is 7.72. The standard InChI is InChI=1S/C28H22IN3O3S2/c29-20-8-10-21(11-9-20)30-26(33)18-37-23-14-12-22(13-15-23)31-28(35)25(17-24-7-4-16-36-24)32-27(34)19-5-2-1-3-6-19/h1-17H,18H2,(H,30,33)(H,31,35)(H,32,34)/b25-17-. The summed E-state index contributed by atoms with van der Waals surface area (Å²) >= 11 is 5.08. The van der Waals surface area contributed by atoms with Crippen molar-refractivity contribution in [1.82, 2.24) is 5.32 Å². The van der Waals surface area contributed by atoms with Gasteiger partial charge in [-0.25, -0.2) is 0 Å². The Morgan fingerprint density at radius 2 is 1.49 bits per heavy atom. The Morgan fingerprint density at radius 3 is 2.16 bits per heavy atom. The molecule has 186 valence electrons. The number of rotatable bonds is 9. The van der Waals surface area contributed by atoms with Gasteiger partial charge in [-0.15, -0.1) is 23.1 Å². The number of carbonyl (C=O) groups is 3. The number of hydrogen-bond acceptors (Lipinski definition) is 5. The Morgan fingerprint density at radius 1 is 0.811 bits per heavy atom. The quantitative estimate of drug-likeness (QED) is 0.111. The molecule has 0 aliphatic rings. The van der Waals surface area contributed by atoms with Gasteiger partial charge in [0, 0.05) is 30.3 Å². The summed E-state index contributed by atoms with van der Waals surface area (Å²) in [6.45, 7) is 0. The zero-order chi connectivity index (χ0) is 26.0. The molecule has 3 aromatic carbocycles. The van der Waals surface area contributed by atoms with Gasteiger partial charge in [-0.1, -0.05) is 24.3 Å². The van der Waals surface area contributed by atoms with Gasteiger partial charge in [-0.3, -0.25) is 14.4 Å². The summed E-state index contributed by atoms with van der Waals surface area (Å²) in [5.74, 6) is -0.637. The van der Waals surface area contributed by atoms with Gasteiger partial charge in [0.25, 0.3) is 11.8 Å². The highest BCUT2D eigenvalue weighted by atomic mass is 127. The molecule has 0 bridgehead atoms. The molecule has 0 aliphatic heterocycles. The number of hydrogen-bond donors (Lipinski definition) is 3. The fourth-order valence-corrected chi connectivity index (χ4v) is 4.89. The first kappa shape index (κ1) is 26.6. The van der Waals surface area contributed by atoms with Crippen molar-refractivity contribution in [3.63, 3.8) is 0 Å². The van der Waals surface area contributed by atoms with Crippen molar-refractivity contribution in [2.45, 2.75) is 4.90 Å². The summed E-state index contributed by atoms with van der Waals surface area (Å²) in [5, 5.41) is 10.3. The number of thioether (sulfide) groups is 1. The Hall–Kier alpha value is -3.41. The van der Waals surface area contributed by atoms with Crippen LogP contribution in [0.25, 0.3) is 6.08 Å². The molecule has 1 heterocycles. The van der Waals surface area contributed by atoms with Crippen LogP contribution >= 0.6 is 45.7 Å². The van der Waals surface area contributed by atoms with E-state index < -0.39 is 5.91 Å². The van der Waals surface area contributed by atoms with Crippen LogP contribution in [0.1, 0.15) is 15.2 Å². The first-order valence-electron chi connectivity index (χ1n) is 11.2. The molecule has 6 nitrogen and oxygen atoms in total. The molecule has 0 saturated carbocycles. The maximum atomic E-state index is 13.1. The van der Waals surface area contributed by atoms with Crippen LogP contribution in [0.4, 0.5) is 11.4 Å². The van der Waals surface area contributed by atoms with Crippen molar-refractivity contribution in [1.29, 1.82) is 0 Å². The highest BCUT2D eigenvalue weighted by Gasteiger charge is 2.15. The molecule has 0 unspecified atom stereocenters. The lowest BCUT2D eigenvalue weighted by Gasteiger charge is -2.11. The van der Waals surface area contributed by atoms with Crippen molar-refractivity contribution in [3.05, 3.63) is 116 Å². The maximum absolute atomic E-state index is 13.1. The molecule has 1 aromatic heterocycles. The highest BCUT2D eigenvalue weighted by molar-refractivity contribution is 14.1. The van der Waals surface area contributed by atoms with E-state index in [2.05, 4.69) is 38.5 Å². The average Bonchev–Trinajstić information content (AvgIpc) is 3.43. The molecule has 0 spiro atoms. The summed E-state index contributed by atoms with van der Waals surface area (Å²) in [6.07, 6.45) is 1.65. The molecular weight excluding hydrogens is 617 g/mol. The third kappa shape index (κ3) is 8.31. The van der Waals surface area contributed by atoms with Gasteiger partial charge in [0.2, 0.25) is 5.91 Å². The topological polar surface area (TPSA) is 87.3 Å². The number of anilines is 2. The van der Waals surface area contributed by atoms with Crippen LogP contribution in [0.3, 0.4) is 0 Å². The normalized spacial score (nSPS) is 11.0. The minimum absolute atomic E-state index is 0.0962. The lowest BCUT2D eigenvalue weighted by atomic mass is 10.2. The molecule has 0 atom stereocenters. The minimum atomic E-state index is -0.435. The predicted molar refractivity (Wildman–Crippen MR) is 160 cm³/mol. The van der Waals surface area contributed by atoms with E-state index >= 15 is 0 Å². The lowest BCUT2D eigenvalue weighted by Crippen LogP contribution is -2.30. The van der Waals surface area contributed by atoms with Gasteiger partial charge >= 0.3 is 0 Å². The van der Waals surface area contributed by atoms with Gasteiger partial charge in [-0.05, 0) is 101 Å². The third-order valence-electron chi connectivity index (χ3n) is 4.97. The molecule has 3 amide bonds. The molecular formula is C28H22IN3O3S2. The Kier molecular flexibility index (Phi) is 9.52. The van der Waals surface area contributed by atoms with E-state index in [1.807, 2.05) is 60.0 Å². The van der Waals surface area contributed by atoms with Crippen molar-refractivity contribution >= 4 is 80.9 Å². The van der Waals surface area contributed by atoms with Gasteiger partial charge in [0.1, 0.15) is 5.70 Å². The fraction of sp³-hybridized carbons (Fsp3) is 0.0357. The summed E-state index contributed by atoms with van der Waals surface area (Å²) in [4.78, 5) is 39.7. The zero-order valence-corrected chi connectivity index (χ0v) is 23.2. The second kappa shape index (κ2) is 13.2. The van der Waals surface area contributed by atoms with Crippen LogP contribution in [0, 0.1) is 3.57 Å². The molecule has 0 aliphatic carbocycles. The Labute approximate surface area is 236 Å². The third-order valence-corrected chi connectivity index (χ3v) is 7.52. The predicted octanol–water partition coefficient (Wildman–Crippen LogP) is 6.49. The molecule has 37 heavy (non-hydrogen) atoms. The molecule has 4 rings (SSSR count). The van der Waals surface area contributed by atoms with E-state index in [0.717, 1.165) is 19.0 Å². The summed E-state index contributed by atoms with van der Waals surface area (Å²) < 4.78 is 1.10. The molecule has 3 N–H and O–H groups in total. The zero-order valence-electron chi connectivity index (χ0n) is 19.4. The van der Waals surface area contributed by atoms with E-state index in [1.54, 1.807) is 42.5 Å². The van der Waals surface area contributed by atoms with Gasteiger partial charge in [-0.2, -0.15) is 0 Å². The first-order chi connectivity index (χ1) is 18.0. The van der Waals surface area contributed by atoms with Crippen LogP contribution in [-0.2, 0) is 9.59 Å². The van der Waals surface area contributed by atoms with Crippen LogP contribution in [0.5, 0.6) is 0 Å². The number of nitrogens with one attached hydrogen (secondary N) is 3. The molecule has 9 heteroatoms. The smallest absolute Gasteiger partial charge is 0.272 e. The van der Waals surface area contributed by atoms with E-state index in [-0.39, 0.29) is 23.3 Å². The van der Waals surface area contributed by atoms with Gasteiger partial charge < -0.3 is 16.0 Å². The number of benzene rings is 3. The van der Waals surface area contributed by atoms with Crippen molar-refractivity contribution in [2.75, 3.05) is 16.4 Å². The fourth-order valence-electron chi connectivity index (χ4n) is 3.17. The van der Waals surface area contributed by atoms with Gasteiger partial charge in [0.05, 0.1) is 5.75 Å². The summed E-state index contributed by atoms with van der Waals surface area (Å²) in [7, 11) is 0. The largest absolute Gasteiger partial charge is 0.325 e. The molecule has 0 fully saturated rings. The van der Waals surface area contributed by atoms with Crippen molar-refractivity contribution < 1.29 is 14.4 Å². The van der Waals surface area contributed by atoms with Crippen molar-refractivity contribution in [2.24, 2.45) is 0 Å². The average molecular weight is 640 g/mol. The van der Waals surface area contributed by atoms with Crippen LogP contribution in [0.2, 0.25) is 0 Å². The SMILES string of the molecule is O=C(CSc1ccc(NC(=O)/C(=C/c2cccs2)NC(=O)c2ccccc2)cc1)Nc1ccc(I)cc1. The van der Waals surface area contributed by atoms with Gasteiger partial charge in [0.15, 0.2) is 0 Å². The maximum Gasteiger partial charge on any atom is 0.272 e. The molecule has 0 saturated heterocycles. The van der Waals surface area contributed by atoms with Crippen LogP contribution in [-0.4, -0.2) is 23.5 Å². The monoisotopic (exact) mass is 639 g/mol. The van der Waals surface area contributed by atoms with E-state index in [1.165, 1.54) is 23.1 Å². The Bertz CT molecular complexity index is 1390. The Balaban J connectivity index is 1.36. The second-order valence-corrected chi connectivity index (χ2v) is 11.0. The van der Waals surface area contributed by atoms with Crippen LogP contribution < -0.4 is 16.0 Å². The summed E-state index contributed by atoms with van der Waals surface area (Å²) in [5.41, 5.74) is 1.93. The number of carbonyl (C=O) groups excluding carboxylic acids is 3. The van der Waals surface area contributed by atoms with E-state index in [0.29, 0.717) is 11.3 Å². The number of amides is 3. The lowest BCUT2D eigenvalue weighted by molar-refractivity contribution is -0.114. The number of halogens is 1. The highest BCUT2D eigenvalue weighted by Crippen LogP contribution is 2.22. The number of thiophene rings is 1. The minimum Gasteiger partial charge on any atom is -0.325 e. The van der Waals surface area contributed by atoms with E-state index in [4.69, 9.17) is 0 Å². The first-order valence-corrected chi connectivity index (χ1v) is 14.1. The van der Waals surface area contributed by atoms with E-state index in [9.17, 15) is 14.4 Å². The van der Waals surface area contributed by atoms with Crippen molar-refractivity contribution in [3.8, 4) is 0 Å². The summed E-state index contributed by atoms with van der Waals surface area (Å²) in [6, 6.07) is 27.3. The van der Waals surface area contributed by atoms with Crippen LogP contribution in [0.15, 0.2) is 107 Å². The molecule has 0 radical (unpaired) electrons.